The molecule has 0 amide bonds. The first-order chi connectivity index (χ1) is 9.72. The maximum atomic E-state index is 10.9. The van der Waals surface area contributed by atoms with Crippen molar-refractivity contribution in [2.75, 3.05) is 5.32 Å². The van der Waals surface area contributed by atoms with Gasteiger partial charge in [-0.2, -0.15) is 0 Å². The number of anilines is 2. The number of fused-ring (bicyclic) bond motifs is 1. The Morgan fingerprint density at radius 2 is 1.75 bits per heavy atom. The molecule has 2 aromatic carbocycles. The Kier molecular flexibility index (Phi) is 3.05. The highest BCUT2D eigenvalue weighted by Crippen LogP contribution is 2.22. The fraction of sp³-hybridized carbons (Fsp3) is 0. The highest BCUT2D eigenvalue weighted by molar-refractivity contribution is 5.89. The predicted octanol–water partition coefficient (Wildman–Crippen LogP) is 3.68. The summed E-state index contributed by atoms with van der Waals surface area (Å²) in [5.41, 5.74) is 1.71. The topological polar surface area (TPSA) is 62.2 Å². The van der Waals surface area contributed by atoms with Crippen molar-refractivity contribution in [2.45, 2.75) is 0 Å². The Hall–Kier alpha value is -2.88. The molecule has 0 aliphatic rings. The standard InChI is InChI=1S/C16H12N2O2/c19-16(20)13-8-15(10-17-9-13)18-14-6-5-11-3-1-2-4-12(11)7-14/h1-10,18H,(H,19,20). The van der Waals surface area contributed by atoms with Gasteiger partial charge >= 0.3 is 5.97 Å². The molecule has 0 aliphatic heterocycles. The molecule has 0 radical (unpaired) electrons. The van der Waals surface area contributed by atoms with Gasteiger partial charge in [-0.15, -0.1) is 0 Å². The normalized spacial score (nSPS) is 10.4. The predicted molar refractivity (Wildman–Crippen MR) is 78.4 cm³/mol. The minimum Gasteiger partial charge on any atom is -0.478 e. The summed E-state index contributed by atoms with van der Waals surface area (Å²) in [6, 6.07) is 15.6. The molecule has 2 N–H and O–H groups in total. The number of hydrogen-bond acceptors (Lipinski definition) is 3. The molecule has 0 spiro atoms. The second kappa shape index (κ2) is 5.01. The Labute approximate surface area is 115 Å². The van der Waals surface area contributed by atoms with E-state index in [1.165, 1.54) is 6.20 Å². The molecule has 3 aromatic rings. The number of benzene rings is 2. The number of nitrogens with zero attached hydrogens (tertiary/aromatic N) is 1. The van der Waals surface area contributed by atoms with E-state index in [1.807, 2.05) is 42.5 Å². The van der Waals surface area contributed by atoms with E-state index in [2.05, 4.69) is 10.3 Å². The maximum absolute atomic E-state index is 10.9. The third-order valence-electron chi connectivity index (χ3n) is 3.02. The zero-order chi connectivity index (χ0) is 13.9. The van der Waals surface area contributed by atoms with Gasteiger partial charge in [-0.25, -0.2) is 4.79 Å². The summed E-state index contributed by atoms with van der Waals surface area (Å²) in [7, 11) is 0. The Morgan fingerprint density at radius 1 is 0.950 bits per heavy atom. The second-order valence-electron chi connectivity index (χ2n) is 4.45. The van der Waals surface area contributed by atoms with Crippen LogP contribution in [0.15, 0.2) is 60.9 Å². The molecule has 0 bridgehead atoms. The van der Waals surface area contributed by atoms with Gasteiger partial charge in [-0.3, -0.25) is 4.98 Å². The molecular formula is C16H12N2O2. The largest absolute Gasteiger partial charge is 0.478 e. The number of nitrogens with one attached hydrogen (secondary N) is 1. The molecule has 4 nitrogen and oxygen atoms in total. The first-order valence-electron chi connectivity index (χ1n) is 6.16. The van der Waals surface area contributed by atoms with Crippen LogP contribution in [-0.4, -0.2) is 16.1 Å². The molecule has 0 atom stereocenters. The SMILES string of the molecule is O=C(O)c1cncc(Nc2ccc3ccccc3c2)c1. The van der Waals surface area contributed by atoms with Crippen molar-refractivity contribution in [1.82, 2.24) is 4.98 Å². The lowest BCUT2D eigenvalue weighted by molar-refractivity contribution is 0.0696. The summed E-state index contributed by atoms with van der Waals surface area (Å²) in [4.78, 5) is 14.8. The zero-order valence-electron chi connectivity index (χ0n) is 10.6. The van der Waals surface area contributed by atoms with Gasteiger partial charge in [0.15, 0.2) is 0 Å². The maximum Gasteiger partial charge on any atom is 0.337 e. The molecule has 0 saturated heterocycles. The minimum absolute atomic E-state index is 0.163. The van der Waals surface area contributed by atoms with Crippen LogP contribution in [0.1, 0.15) is 10.4 Å². The van der Waals surface area contributed by atoms with E-state index >= 15 is 0 Å². The van der Waals surface area contributed by atoms with Crippen LogP contribution in [0.2, 0.25) is 0 Å². The number of carbonyl (C=O) groups is 1. The van der Waals surface area contributed by atoms with Crippen molar-refractivity contribution in [2.24, 2.45) is 0 Å². The lowest BCUT2D eigenvalue weighted by Crippen LogP contribution is -1.99. The Bertz CT molecular complexity index is 784. The summed E-state index contributed by atoms with van der Waals surface area (Å²) in [5, 5.41) is 14.4. The van der Waals surface area contributed by atoms with Crippen LogP contribution in [-0.2, 0) is 0 Å². The lowest BCUT2D eigenvalue weighted by atomic mass is 10.1. The van der Waals surface area contributed by atoms with Gasteiger partial charge in [0.25, 0.3) is 0 Å². The molecule has 4 heteroatoms. The van der Waals surface area contributed by atoms with E-state index in [-0.39, 0.29) is 5.56 Å². The molecule has 0 fully saturated rings. The smallest absolute Gasteiger partial charge is 0.337 e. The van der Waals surface area contributed by atoms with Crippen LogP contribution in [0, 0.1) is 0 Å². The van der Waals surface area contributed by atoms with Gasteiger partial charge in [0.05, 0.1) is 17.4 Å². The van der Waals surface area contributed by atoms with E-state index in [4.69, 9.17) is 5.11 Å². The highest BCUT2D eigenvalue weighted by atomic mass is 16.4. The van der Waals surface area contributed by atoms with Crippen molar-refractivity contribution in [3.05, 3.63) is 66.5 Å². The first-order valence-corrected chi connectivity index (χ1v) is 6.16. The molecule has 1 heterocycles. The van der Waals surface area contributed by atoms with Crippen LogP contribution < -0.4 is 5.32 Å². The Morgan fingerprint density at radius 3 is 2.55 bits per heavy atom. The summed E-state index contributed by atoms with van der Waals surface area (Å²) in [5.74, 6) is -0.986. The van der Waals surface area contributed by atoms with Gasteiger partial charge < -0.3 is 10.4 Å². The highest BCUT2D eigenvalue weighted by Gasteiger charge is 2.04. The van der Waals surface area contributed by atoms with Crippen molar-refractivity contribution in [3.8, 4) is 0 Å². The third-order valence-corrected chi connectivity index (χ3v) is 3.02. The van der Waals surface area contributed by atoms with Crippen molar-refractivity contribution in [3.63, 3.8) is 0 Å². The van der Waals surface area contributed by atoms with E-state index in [0.717, 1.165) is 16.5 Å². The van der Waals surface area contributed by atoms with E-state index in [1.54, 1.807) is 12.3 Å². The molecule has 3 rings (SSSR count). The number of hydrogen-bond donors (Lipinski definition) is 2. The van der Waals surface area contributed by atoms with Crippen molar-refractivity contribution < 1.29 is 9.90 Å². The van der Waals surface area contributed by atoms with Crippen LogP contribution in [0.4, 0.5) is 11.4 Å². The number of aromatic carboxylic acids is 1. The van der Waals surface area contributed by atoms with Crippen LogP contribution in [0.3, 0.4) is 0 Å². The fourth-order valence-electron chi connectivity index (χ4n) is 2.06. The monoisotopic (exact) mass is 264 g/mol. The van der Waals surface area contributed by atoms with Crippen LogP contribution >= 0.6 is 0 Å². The lowest BCUT2D eigenvalue weighted by Gasteiger charge is -2.08. The van der Waals surface area contributed by atoms with E-state index < -0.39 is 5.97 Å². The van der Waals surface area contributed by atoms with Gasteiger partial charge in [0.1, 0.15) is 0 Å². The third kappa shape index (κ3) is 2.44. The average Bonchev–Trinajstić information content (AvgIpc) is 2.47. The first kappa shape index (κ1) is 12.2. The molecule has 1 aromatic heterocycles. The molecule has 0 unspecified atom stereocenters. The number of rotatable bonds is 3. The number of pyridine rings is 1. The van der Waals surface area contributed by atoms with Gasteiger partial charge in [-0.1, -0.05) is 30.3 Å². The number of carboxylic acid groups (broad SMARTS) is 1. The molecule has 98 valence electrons. The van der Waals surface area contributed by atoms with Crippen molar-refractivity contribution in [1.29, 1.82) is 0 Å². The van der Waals surface area contributed by atoms with E-state index in [0.29, 0.717) is 5.69 Å². The van der Waals surface area contributed by atoms with Crippen molar-refractivity contribution >= 4 is 28.1 Å². The summed E-state index contributed by atoms with van der Waals surface area (Å²) in [6.45, 7) is 0. The Balaban J connectivity index is 1.92. The fourth-order valence-corrected chi connectivity index (χ4v) is 2.06. The number of aromatic nitrogens is 1. The van der Waals surface area contributed by atoms with Gasteiger partial charge in [0, 0.05) is 11.9 Å². The number of carboxylic acids is 1. The summed E-state index contributed by atoms with van der Waals surface area (Å²) < 4.78 is 0. The van der Waals surface area contributed by atoms with Gasteiger partial charge in [0.2, 0.25) is 0 Å². The molecule has 20 heavy (non-hydrogen) atoms. The minimum atomic E-state index is -0.986. The van der Waals surface area contributed by atoms with Crippen LogP contribution in [0.25, 0.3) is 10.8 Å². The summed E-state index contributed by atoms with van der Waals surface area (Å²) >= 11 is 0. The molecule has 0 aliphatic carbocycles. The molecular weight excluding hydrogens is 252 g/mol. The zero-order valence-corrected chi connectivity index (χ0v) is 10.6. The average molecular weight is 264 g/mol. The quantitative estimate of drug-likeness (QED) is 0.757. The van der Waals surface area contributed by atoms with Crippen LogP contribution in [0.5, 0.6) is 0 Å². The summed E-state index contributed by atoms with van der Waals surface area (Å²) in [6.07, 6.45) is 2.93. The molecule has 0 saturated carbocycles. The second-order valence-corrected chi connectivity index (χ2v) is 4.45. The van der Waals surface area contributed by atoms with E-state index in [9.17, 15) is 4.79 Å². The van der Waals surface area contributed by atoms with Gasteiger partial charge in [-0.05, 0) is 29.0 Å².